The summed E-state index contributed by atoms with van der Waals surface area (Å²) in [4.78, 5) is 15.1. The van der Waals surface area contributed by atoms with E-state index in [0.717, 1.165) is 11.1 Å². The van der Waals surface area contributed by atoms with E-state index in [4.69, 9.17) is 9.84 Å². The highest BCUT2D eigenvalue weighted by atomic mass is 16.5. The Balaban J connectivity index is 1.97. The number of pyridine rings is 1. The Bertz CT molecular complexity index is 800. The average Bonchev–Trinajstić information content (AvgIpc) is 2.56. The van der Waals surface area contributed by atoms with Gasteiger partial charge < -0.3 is 9.84 Å². The zero-order chi connectivity index (χ0) is 15.4. The Morgan fingerprint density at radius 2 is 1.68 bits per heavy atom. The van der Waals surface area contributed by atoms with Crippen LogP contribution in [0.25, 0.3) is 11.1 Å². The summed E-state index contributed by atoms with van der Waals surface area (Å²) >= 11 is 0. The largest absolute Gasteiger partial charge is 0.478 e. The van der Waals surface area contributed by atoms with Crippen molar-refractivity contribution in [3.8, 4) is 22.8 Å². The number of para-hydroxylation sites is 1. The number of carbonyl (C=O) groups is 1. The van der Waals surface area contributed by atoms with Crippen LogP contribution in [0, 0.1) is 0 Å². The van der Waals surface area contributed by atoms with Crippen LogP contribution in [-0.4, -0.2) is 16.1 Å². The van der Waals surface area contributed by atoms with Gasteiger partial charge in [0.25, 0.3) is 0 Å². The minimum Gasteiger partial charge on any atom is -0.478 e. The summed E-state index contributed by atoms with van der Waals surface area (Å²) in [5, 5.41) is 9.02. The van der Waals surface area contributed by atoms with E-state index in [9.17, 15) is 4.79 Å². The highest BCUT2D eigenvalue weighted by molar-refractivity contribution is 5.87. The first kappa shape index (κ1) is 13.8. The molecular weight excluding hydrogens is 278 g/mol. The molecule has 108 valence electrons. The number of aromatic carboxylic acids is 1. The molecule has 4 heteroatoms. The highest BCUT2D eigenvalue weighted by Crippen LogP contribution is 2.32. The first-order valence-corrected chi connectivity index (χ1v) is 6.76. The third-order valence-electron chi connectivity index (χ3n) is 3.17. The molecule has 22 heavy (non-hydrogen) atoms. The van der Waals surface area contributed by atoms with E-state index >= 15 is 0 Å². The maximum atomic E-state index is 11.0. The van der Waals surface area contributed by atoms with Crippen LogP contribution in [0.15, 0.2) is 72.9 Å². The summed E-state index contributed by atoms with van der Waals surface area (Å²) in [5.74, 6) is -0.129. The van der Waals surface area contributed by atoms with Crippen LogP contribution >= 0.6 is 0 Å². The van der Waals surface area contributed by atoms with Gasteiger partial charge in [-0.2, -0.15) is 0 Å². The van der Waals surface area contributed by atoms with E-state index in [0.29, 0.717) is 5.75 Å². The van der Waals surface area contributed by atoms with Crippen molar-refractivity contribution in [1.29, 1.82) is 0 Å². The molecule has 1 heterocycles. The third kappa shape index (κ3) is 2.96. The van der Waals surface area contributed by atoms with E-state index in [1.165, 1.54) is 18.3 Å². The van der Waals surface area contributed by atoms with Crippen molar-refractivity contribution in [2.24, 2.45) is 0 Å². The number of carboxylic acids is 1. The Hall–Kier alpha value is -3.14. The molecule has 0 saturated carbocycles. The minimum atomic E-state index is -1.01. The molecule has 4 nitrogen and oxygen atoms in total. The fourth-order valence-corrected chi connectivity index (χ4v) is 2.12. The van der Waals surface area contributed by atoms with Gasteiger partial charge in [0.05, 0.1) is 5.56 Å². The van der Waals surface area contributed by atoms with Crippen molar-refractivity contribution in [3.63, 3.8) is 0 Å². The van der Waals surface area contributed by atoms with Crippen molar-refractivity contribution in [1.82, 2.24) is 4.98 Å². The maximum absolute atomic E-state index is 11.0. The van der Waals surface area contributed by atoms with Crippen LogP contribution in [-0.2, 0) is 0 Å². The number of nitrogens with zero attached hydrogens (tertiary/aromatic N) is 1. The van der Waals surface area contributed by atoms with Crippen LogP contribution in [0.2, 0.25) is 0 Å². The Kier molecular flexibility index (Phi) is 3.83. The molecule has 3 rings (SSSR count). The van der Waals surface area contributed by atoms with Crippen LogP contribution < -0.4 is 4.74 Å². The topological polar surface area (TPSA) is 59.4 Å². The maximum Gasteiger partial charge on any atom is 0.335 e. The highest BCUT2D eigenvalue weighted by Gasteiger charge is 2.09. The normalized spacial score (nSPS) is 10.2. The first-order valence-electron chi connectivity index (χ1n) is 6.76. The minimum absolute atomic E-state index is 0.141. The van der Waals surface area contributed by atoms with Gasteiger partial charge in [0, 0.05) is 17.8 Å². The van der Waals surface area contributed by atoms with E-state index in [-0.39, 0.29) is 11.4 Å². The molecule has 3 aromatic rings. The molecule has 0 atom stereocenters. The monoisotopic (exact) mass is 291 g/mol. The number of aromatic nitrogens is 1. The van der Waals surface area contributed by atoms with E-state index in [2.05, 4.69) is 4.98 Å². The van der Waals surface area contributed by atoms with Gasteiger partial charge in [0.15, 0.2) is 0 Å². The van der Waals surface area contributed by atoms with Gasteiger partial charge in [0.1, 0.15) is 5.75 Å². The van der Waals surface area contributed by atoms with Crippen LogP contribution in [0.1, 0.15) is 10.4 Å². The van der Waals surface area contributed by atoms with Gasteiger partial charge in [-0.15, -0.1) is 0 Å². The summed E-state index contributed by atoms with van der Waals surface area (Å²) in [5.41, 5.74) is 2.08. The zero-order valence-corrected chi connectivity index (χ0v) is 11.6. The van der Waals surface area contributed by atoms with Gasteiger partial charge in [-0.1, -0.05) is 48.5 Å². The second kappa shape index (κ2) is 6.10. The predicted octanol–water partition coefficient (Wildman–Crippen LogP) is 4.24. The number of carboxylic acid groups (broad SMARTS) is 1. The van der Waals surface area contributed by atoms with Gasteiger partial charge >= 0.3 is 5.97 Å². The molecule has 0 unspecified atom stereocenters. The molecule has 0 fully saturated rings. The second-order valence-electron chi connectivity index (χ2n) is 4.65. The van der Waals surface area contributed by atoms with Crippen LogP contribution in [0.5, 0.6) is 11.6 Å². The Morgan fingerprint density at radius 1 is 0.955 bits per heavy atom. The van der Waals surface area contributed by atoms with Crippen molar-refractivity contribution in [2.75, 3.05) is 0 Å². The molecule has 0 spiro atoms. The average molecular weight is 291 g/mol. The van der Waals surface area contributed by atoms with Crippen molar-refractivity contribution < 1.29 is 14.6 Å². The lowest BCUT2D eigenvalue weighted by Gasteiger charge is -2.10. The summed E-state index contributed by atoms with van der Waals surface area (Å²) in [6.07, 6.45) is 1.42. The summed E-state index contributed by atoms with van der Waals surface area (Å²) in [7, 11) is 0. The number of rotatable bonds is 4. The van der Waals surface area contributed by atoms with Gasteiger partial charge in [-0.3, -0.25) is 0 Å². The quantitative estimate of drug-likeness (QED) is 0.781. The number of hydrogen-bond acceptors (Lipinski definition) is 3. The lowest BCUT2D eigenvalue weighted by Crippen LogP contribution is -1.98. The Morgan fingerprint density at radius 3 is 2.45 bits per heavy atom. The molecule has 0 aliphatic carbocycles. The van der Waals surface area contributed by atoms with E-state index in [1.54, 1.807) is 0 Å². The van der Waals surface area contributed by atoms with Crippen LogP contribution in [0.4, 0.5) is 0 Å². The molecular formula is C18H13NO3. The van der Waals surface area contributed by atoms with E-state index in [1.807, 2.05) is 54.6 Å². The van der Waals surface area contributed by atoms with Gasteiger partial charge in [0.2, 0.25) is 5.88 Å². The number of benzene rings is 2. The predicted molar refractivity (Wildman–Crippen MR) is 83.1 cm³/mol. The second-order valence-corrected chi connectivity index (χ2v) is 4.65. The number of hydrogen-bond donors (Lipinski definition) is 1. The number of ether oxygens (including phenoxy) is 1. The zero-order valence-electron chi connectivity index (χ0n) is 11.6. The molecule has 0 bridgehead atoms. The summed E-state index contributed by atoms with van der Waals surface area (Å²) < 4.78 is 5.78. The summed E-state index contributed by atoms with van der Waals surface area (Å²) in [6, 6.07) is 20.2. The van der Waals surface area contributed by atoms with Gasteiger partial charge in [-0.25, -0.2) is 9.78 Å². The smallest absolute Gasteiger partial charge is 0.335 e. The van der Waals surface area contributed by atoms with Crippen molar-refractivity contribution in [2.45, 2.75) is 0 Å². The molecule has 0 aliphatic rings. The first-order chi connectivity index (χ1) is 10.7. The van der Waals surface area contributed by atoms with Gasteiger partial charge in [-0.05, 0) is 17.7 Å². The van der Waals surface area contributed by atoms with Crippen molar-refractivity contribution in [3.05, 3.63) is 78.5 Å². The van der Waals surface area contributed by atoms with Crippen LogP contribution in [0.3, 0.4) is 0 Å². The standard InChI is InChI=1S/C18H13NO3/c20-18(21)14-10-11-19-17(12-14)22-16-9-5-4-8-15(16)13-6-2-1-3-7-13/h1-12H,(H,20,21). The molecule has 1 aromatic heterocycles. The molecule has 1 N–H and O–H groups in total. The molecule has 2 aromatic carbocycles. The van der Waals surface area contributed by atoms with Crippen molar-refractivity contribution >= 4 is 5.97 Å². The Labute approximate surface area is 127 Å². The lowest BCUT2D eigenvalue weighted by atomic mass is 10.1. The third-order valence-corrected chi connectivity index (χ3v) is 3.17. The molecule has 0 amide bonds. The van der Waals surface area contributed by atoms with E-state index < -0.39 is 5.97 Å². The molecule has 0 saturated heterocycles. The summed E-state index contributed by atoms with van der Waals surface area (Å²) in [6.45, 7) is 0. The fourth-order valence-electron chi connectivity index (χ4n) is 2.12. The molecule has 0 radical (unpaired) electrons. The fraction of sp³-hybridized carbons (Fsp3) is 0. The molecule has 0 aliphatic heterocycles. The SMILES string of the molecule is O=C(O)c1ccnc(Oc2ccccc2-c2ccccc2)c1. The lowest BCUT2D eigenvalue weighted by molar-refractivity contribution is 0.0696.